The third-order valence-corrected chi connectivity index (χ3v) is 10.2. The number of ether oxygens (including phenoxy) is 5. The van der Waals surface area contributed by atoms with Gasteiger partial charge in [0, 0.05) is 4.90 Å². The fourth-order valence-corrected chi connectivity index (χ4v) is 7.47. The van der Waals surface area contributed by atoms with E-state index in [0.717, 1.165) is 27.1 Å². The van der Waals surface area contributed by atoms with Crippen LogP contribution >= 0.6 is 11.8 Å². The van der Waals surface area contributed by atoms with E-state index >= 15 is 0 Å². The van der Waals surface area contributed by atoms with Gasteiger partial charge in [-0.1, -0.05) is 157 Å². The van der Waals surface area contributed by atoms with Gasteiger partial charge >= 0.3 is 0 Å². The fourth-order valence-electron chi connectivity index (χ4n) is 6.35. The second-order valence-corrected chi connectivity index (χ2v) is 14.1. The summed E-state index contributed by atoms with van der Waals surface area (Å²) in [5, 5.41) is 2.38. The van der Waals surface area contributed by atoms with Crippen molar-refractivity contribution in [3.63, 3.8) is 0 Å². The summed E-state index contributed by atoms with van der Waals surface area (Å²) >= 11 is 1.66. The molecule has 1 aliphatic heterocycles. The lowest BCUT2D eigenvalue weighted by Crippen LogP contribution is -2.60. The SMILES string of the molecule is Cc1ccc(S[C@@H]2O[C@H](COCc3ccccc3)[C@@H](OCc3ccccc3)[C@H](OCc3ccccc3)[C@H]2OCc2ccc3ccccc3c2)cc1. The van der Waals surface area contributed by atoms with Crippen molar-refractivity contribution in [3.05, 3.63) is 186 Å². The van der Waals surface area contributed by atoms with E-state index < -0.39 is 29.9 Å². The molecule has 0 saturated carbocycles. The Bertz CT molecular complexity index is 1920. The number of fused-ring (bicyclic) bond motifs is 1. The molecule has 1 saturated heterocycles. The van der Waals surface area contributed by atoms with E-state index in [0.29, 0.717) is 33.0 Å². The standard InChI is InChI=1S/C45H44O5S/c1-33-21-25-40(26-22-33)51-45-44(49-31-37-23-24-38-19-11-12-20-39(38)27-37)43(48-30-36-17-9-4-10-18-36)42(47-29-35-15-7-3-8-16-35)41(50-45)32-46-28-34-13-5-2-6-14-34/h2-27,41-45H,28-32H2,1H3/t41-,42-,43+,44-,45+/m1/s1. The zero-order chi connectivity index (χ0) is 34.7. The Morgan fingerprint density at radius 2 is 1.02 bits per heavy atom. The first-order valence-corrected chi connectivity index (χ1v) is 18.5. The minimum Gasteiger partial charge on any atom is -0.374 e. The van der Waals surface area contributed by atoms with E-state index in [4.69, 9.17) is 23.7 Å². The van der Waals surface area contributed by atoms with Crippen LogP contribution in [-0.4, -0.2) is 36.5 Å². The van der Waals surface area contributed by atoms with Crippen LogP contribution in [0.3, 0.4) is 0 Å². The summed E-state index contributed by atoms with van der Waals surface area (Å²) in [6, 6.07) is 54.2. The van der Waals surface area contributed by atoms with Gasteiger partial charge in [-0.25, -0.2) is 0 Å². The molecule has 7 rings (SSSR count). The van der Waals surface area contributed by atoms with E-state index in [2.05, 4.69) is 110 Å². The lowest BCUT2D eigenvalue weighted by atomic mass is 9.98. The van der Waals surface area contributed by atoms with Crippen molar-refractivity contribution in [1.29, 1.82) is 0 Å². The second kappa shape index (κ2) is 17.8. The van der Waals surface area contributed by atoms with Crippen LogP contribution in [0.2, 0.25) is 0 Å². The number of hydrogen-bond acceptors (Lipinski definition) is 6. The molecule has 0 aromatic heterocycles. The molecule has 1 heterocycles. The molecule has 6 aromatic carbocycles. The summed E-state index contributed by atoms with van der Waals surface area (Å²) in [6.45, 7) is 4.12. The highest BCUT2D eigenvalue weighted by Gasteiger charge is 2.49. The first-order chi connectivity index (χ1) is 25.2. The largest absolute Gasteiger partial charge is 0.374 e. The number of aryl methyl sites for hydroxylation is 1. The van der Waals surface area contributed by atoms with Gasteiger partial charge in [0.1, 0.15) is 29.9 Å². The third-order valence-electron chi connectivity index (χ3n) is 9.08. The van der Waals surface area contributed by atoms with Crippen LogP contribution in [0.5, 0.6) is 0 Å². The average molecular weight is 697 g/mol. The predicted octanol–water partition coefficient (Wildman–Crippen LogP) is 9.94. The summed E-state index contributed by atoms with van der Waals surface area (Å²) in [6.07, 6.45) is -1.81. The van der Waals surface area contributed by atoms with E-state index in [9.17, 15) is 0 Å². The van der Waals surface area contributed by atoms with Crippen molar-refractivity contribution in [3.8, 4) is 0 Å². The molecule has 0 spiro atoms. The maximum absolute atomic E-state index is 7.02. The van der Waals surface area contributed by atoms with Gasteiger partial charge in [-0.3, -0.25) is 0 Å². The van der Waals surface area contributed by atoms with E-state index in [1.807, 2.05) is 54.6 Å². The molecule has 0 N–H and O–H groups in total. The average Bonchev–Trinajstić information content (AvgIpc) is 3.18. The van der Waals surface area contributed by atoms with Gasteiger partial charge in [0.15, 0.2) is 0 Å². The minimum absolute atomic E-state index is 0.335. The normalized spacial score (nSPS) is 20.4. The Morgan fingerprint density at radius 1 is 0.490 bits per heavy atom. The summed E-state index contributed by atoms with van der Waals surface area (Å²) in [5.74, 6) is 0. The first kappa shape index (κ1) is 35.1. The maximum atomic E-state index is 7.02. The molecule has 51 heavy (non-hydrogen) atoms. The number of benzene rings is 6. The number of hydrogen-bond donors (Lipinski definition) is 0. The van der Waals surface area contributed by atoms with Gasteiger partial charge in [-0.05, 0) is 58.1 Å². The molecule has 1 aliphatic rings. The van der Waals surface area contributed by atoms with Crippen LogP contribution in [-0.2, 0) is 50.1 Å². The fraction of sp³-hybridized carbons (Fsp3) is 0.244. The Balaban J connectivity index is 1.21. The highest BCUT2D eigenvalue weighted by atomic mass is 32.2. The van der Waals surface area contributed by atoms with Crippen molar-refractivity contribution in [2.24, 2.45) is 0 Å². The number of rotatable bonds is 15. The third kappa shape index (κ3) is 9.75. The summed E-state index contributed by atoms with van der Waals surface area (Å²) in [4.78, 5) is 1.10. The van der Waals surface area contributed by atoms with Crippen LogP contribution in [0.1, 0.15) is 27.8 Å². The minimum atomic E-state index is -0.471. The van der Waals surface area contributed by atoms with Gasteiger partial charge in [0.2, 0.25) is 0 Å². The van der Waals surface area contributed by atoms with Crippen LogP contribution in [0, 0.1) is 6.92 Å². The molecule has 0 radical (unpaired) electrons. The van der Waals surface area contributed by atoms with Crippen LogP contribution < -0.4 is 0 Å². The Labute approximate surface area is 305 Å². The molecule has 1 fully saturated rings. The van der Waals surface area contributed by atoms with Gasteiger partial charge in [0.25, 0.3) is 0 Å². The zero-order valence-corrected chi connectivity index (χ0v) is 29.7. The first-order valence-electron chi connectivity index (χ1n) is 17.6. The molecule has 260 valence electrons. The molecule has 5 nitrogen and oxygen atoms in total. The molecule has 6 heteroatoms. The summed E-state index contributed by atoms with van der Waals surface area (Å²) in [5.41, 5.74) is 5.17. The molecule has 5 atom stereocenters. The Kier molecular flexibility index (Phi) is 12.3. The van der Waals surface area contributed by atoms with E-state index in [1.54, 1.807) is 11.8 Å². The smallest absolute Gasteiger partial charge is 0.137 e. The molecular formula is C45H44O5S. The molecular weight excluding hydrogens is 653 g/mol. The molecule has 0 bridgehead atoms. The summed E-state index contributed by atoms with van der Waals surface area (Å²) in [7, 11) is 0. The quantitative estimate of drug-likeness (QED) is 0.107. The van der Waals surface area contributed by atoms with Crippen molar-refractivity contribution in [1.82, 2.24) is 0 Å². The lowest BCUT2D eigenvalue weighted by Gasteiger charge is -2.46. The van der Waals surface area contributed by atoms with Crippen molar-refractivity contribution in [2.45, 2.75) is 68.1 Å². The maximum Gasteiger partial charge on any atom is 0.137 e. The molecule has 0 aliphatic carbocycles. The van der Waals surface area contributed by atoms with Crippen LogP contribution in [0.25, 0.3) is 10.8 Å². The van der Waals surface area contributed by atoms with Gasteiger partial charge < -0.3 is 23.7 Å². The molecule has 0 amide bonds. The van der Waals surface area contributed by atoms with Gasteiger partial charge in [-0.2, -0.15) is 0 Å². The van der Waals surface area contributed by atoms with Crippen molar-refractivity contribution in [2.75, 3.05) is 6.61 Å². The predicted molar refractivity (Wildman–Crippen MR) is 204 cm³/mol. The Hall–Kier alpha value is -4.27. The Morgan fingerprint density at radius 3 is 1.67 bits per heavy atom. The van der Waals surface area contributed by atoms with Gasteiger partial charge in [-0.15, -0.1) is 0 Å². The van der Waals surface area contributed by atoms with Gasteiger partial charge in [0.05, 0.1) is 33.0 Å². The van der Waals surface area contributed by atoms with E-state index in [1.165, 1.54) is 16.3 Å². The monoisotopic (exact) mass is 696 g/mol. The van der Waals surface area contributed by atoms with Crippen molar-refractivity contribution < 1.29 is 23.7 Å². The van der Waals surface area contributed by atoms with Crippen LogP contribution in [0.4, 0.5) is 0 Å². The molecule has 0 unspecified atom stereocenters. The topological polar surface area (TPSA) is 46.2 Å². The highest BCUT2D eigenvalue weighted by molar-refractivity contribution is 7.99. The lowest BCUT2D eigenvalue weighted by molar-refractivity contribution is -0.254. The highest BCUT2D eigenvalue weighted by Crippen LogP contribution is 2.38. The van der Waals surface area contributed by atoms with Crippen molar-refractivity contribution >= 4 is 22.5 Å². The van der Waals surface area contributed by atoms with Crippen LogP contribution in [0.15, 0.2) is 163 Å². The molecule has 6 aromatic rings. The second-order valence-electron chi connectivity index (χ2n) is 13.0. The summed E-state index contributed by atoms with van der Waals surface area (Å²) < 4.78 is 34.1. The number of thioether (sulfide) groups is 1. The zero-order valence-electron chi connectivity index (χ0n) is 28.9. The van der Waals surface area contributed by atoms with E-state index in [-0.39, 0.29) is 0 Å².